The van der Waals surface area contributed by atoms with Crippen molar-refractivity contribution in [2.45, 2.75) is 26.2 Å². The molecule has 1 amide bonds. The second-order valence-corrected chi connectivity index (χ2v) is 7.11. The Hall–Kier alpha value is -3.09. The summed E-state index contributed by atoms with van der Waals surface area (Å²) in [7, 11) is 0. The van der Waals surface area contributed by atoms with E-state index in [1.165, 1.54) is 37.5 Å². The van der Waals surface area contributed by atoms with Crippen LogP contribution in [0.3, 0.4) is 0 Å². The van der Waals surface area contributed by atoms with Crippen molar-refractivity contribution in [3.05, 3.63) is 59.3 Å². The van der Waals surface area contributed by atoms with Crippen LogP contribution in [0.4, 0.5) is 10.1 Å². The molecule has 3 aromatic rings. The lowest BCUT2D eigenvalue weighted by atomic mass is 9.90. The van der Waals surface area contributed by atoms with E-state index in [4.69, 9.17) is 0 Å². The molecule has 26 heavy (non-hydrogen) atoms. The molecule has 0 saturated heterocycles. The average molecular weight is 352 g/mol. The number of rotatable bonds is 2. The van der Waals surface area contributed by atoms with Gasteiger partial charge in [-0.2, -0.15) is 5.10 Å². The molecule has 1 aliphatic rings. The summed E-state index contributed by atoms with van der Waals surface area (Å²) in [6, 6.07) is 7.05. The monoisotopic (exact) mass is 352 g/mol. The van der Waals surface area contributed by atoms with Crippen LogP contribution in [0.25, 0.3) is 5.65 Å². The van der Waals surface area contributed by atoms with E-state index < -0.39 is 5.82 Å². The summed E-state index contributed by atoms with van der Waals surface area (Å²) in [5.74, 6) is -0.803. The van der Waals surface area contributed by atoms with Gasteiger partial charge in [-0.3, -0.25) is 9.59 Å². The largest absolute Gasteiger partial charge is 0.310 e. The number of hydrogen-bond acceptors (Lipinski definition) is 4. The fraction of sp³-hybridized carbons (Fsp3) is 0.263. The summed E-state index contributed by atoms with van der Waals surface area (Å²) in [5, 5.41) is 4.29. The quantitative estimate of drug-likeness (QED) is 0.665. The molecule has 1 aliphatic heterocycles. The summed E-state index contributed by atoms with van der Waals surface area (Å²) >= 11 is 0. The predicted molar refractivity (Wildman–Crippen MR) is 93.9 cm³/mol. The molecule has 7 heteroatoms. The Morgan fingerprint density at radius 3 is 2.54 bits per heavy atom. The minimum absolute atomic E-state index is 0.100. The average Bonchev–Trinajstić information content (AvgIpc) is 3.16. The van der Waals surface area contributed by atoms with E-state index in [2.05, 4.69) is 10.1 Å². The number of nitrogens with zero attached hydrogens (tertiary/aromatic N) is 4. The molecule has 0 bridgehead atoms. The Kier molecular flexibility index (Phi) is 3.44. The lowest BCUT2D eigenvalue weighted by Gasteiger charge is -2.19. The predicted octanol–water partition coefficient (Wildman–Crippen LogP) is 2.74. The van der Waals surface area contributed by atoms with Crippen molar-refractivity contribution in [3.63, 3.8) is 0 Å². The Bertz CT molecular complexity index is 1050. The van der Waals surface area contributed by atoms with Crippen LogP contribution in [0, 0.1) is 5.82 Å². The van der Waals surface area contributed by atoms with Crippen molar-refractivity contribution in [3.8, 4) is 0 Å². The van der Waals surface area contributed by atoms with Gasteiger partial charge in [0, 0.05) is 24.4 Å². The molecule has 2 aromatic heterocycles. The summed E-state index contributed by atoms with van der Waals surface area (Å²) < 4.78 is 14.8. The van der Waals surface area contributed by atoms with Gasteiger partial charge in [0.05, 0.1) is 16.9 Å². The number of amides is 1. The topological polar surface area (TPSA) is 67.6 Å². The van der Waals surface area contributed by atoms with Gasteiger partial charge in [-0.25, -0.2) is 13.9 Å². The van der Waals surface area contributed by atoms with Crippen LogP contribution in [-0.2, 0) is 10.2 Å². The molecule has 0 atom stereocenters. The summed E-state index contributed by atoms with van der Waals surface area (Å²) in [4.78, 5) is 31.0. The molecular formula is C19H17FN4O2. The van der Waals surface area contributed by atoms with Crippen molar-refractivity contribution >= 4 is 23.0 Å². The number of benzene rings is 1. The Labute approximate surface area is 149 Å². The van der Waals surface area contributed by atoms with Gasteiger partial charge >= 0.3 is 0 Å². The Morgan fingerprint density at radius 2 is 1.88 bits per heavy atom. The van der Waals surface area contributed by atoms with Crippen molar-refractivity contribution in [1.82, 2.24) is 14.6 Å². The van der Waals surface area contributed by atoms with Crippen LogP contribution in [0.15, 0.2) is 36.7 Å². The standard InChI is InChI=1S/C19H17FN4O2/c1-11(25)23-9-19(2,3)17-15(23)8-14(18-21-10-22-24(17)18)16(26)12-4-6-13(20)7-5-12/h4-8,10H,9H2,1-3H3. The maximum Gasteiger partial charge on any atom is 0.223 e. The van der Waals surface area contributed by atoms with Crippen LogP contribution in [0.5, 0.6) is 0 Å². The second-order valence-electron chi connectivity index (χ2n) is 7.11. The SMILES string of the molecule is CC(=O)N1CC(C)(C)c2c1cc(C(=O)c1ccc(F)cc1)c1ncnn21. The first-order valence-electron chi connectivity index (χ1n) is 8.25. The molecule has 4 rings (SSSR count). The molecule has 0 fully saturated rings. The fourth-order valence-electron chi connectivity index (χ4n) is 3.57. The number of pyridine rings is 1. The van der Waals surface area contributed by atoms with Crippen molar-refractivity contribution in [2.75, 3.05) is 11.4 Å². The molecule has 0 N–H and O–H groups in total. The molecule has 6 nitrogen and oxygen atoms in total. The van der Waals surface area contributed by atoms with E-state index in [1.54, 1.807) is 15.5 Å². The highest BCUT2D eigenvalue weighted by atomic mass is 19.1. The van der Waals surface area contributed by atoms with Crippen LogP contribution in [-0.4, -0.2) is 32.8 Å². The second kappa shape index (κ2) is 5.45. The van der Waals surface area contributed by atoms with E-state index in [9.17, 15) is 14.0 Å². The highest BCUT2D eigenvalue weighted by Crippen LogP contribution is 2.41. The first-order valence-corrected chi connectivity index (χ1v) is 8.25. The van der Waals surface area contributed by atoms with E-state index in [1.807, 2.05) is 13.8 Å². The van der Waals surface area contributed by atoms with Crippen LogP contribution < -0.4 is 4.90 Å². The smallest absolute Gasteiger partial charge is 0.223 e. The lowest BCUT2D eigenvalue weighted by molar-refractivity contribution is -0.116. The molecule has 0 spiro atoms. The van der Waals surface area contributed by atoms with Gasteiger partial charge in [-0.05, 0) is 30.3 Å². The zero-order chi connectivity index (χ0) is 18.6. The van der Waals surface area contributed by atoms with Gasteiger partial charge in [0.2, 0.25) is 5.91 Å². The molecule has 0 aliphatic carbocycles. The zero-order valence-corrected chi connectivity index (χ0v) is 14.7. The third-order valence-electron chi connectivity index (χ3n) is 4.74. The maximum atomic E-state index is 13.2. The van der Waals surface area contributed by atoms with Crippen molar-refractivity contribution in [1.29, 1.82) is 0 Å². The van der Waals surface area contributed by atoms with E-state index in [-0.39, 0.29) is 17.1 Å². The minimum atomic E-state index is -0.410. The molecular weight excluding hydrogens is 335 g/mol. The number of hydrogen-bond donors (Lipinski definition) is 0. The van der Waals surface area contributed by atoms with Crippen molar-refractivity contribution in [2.24, 2.45) is 0 Å². The van der Waals surface area contributed by atoms with E-state index >= 15 is 0 Å². The van der Waals surface area contributed by atoms with Crippen LogP contribution in [0.1, 0.15) is 42.4 Å². The first kappa shape index (κ1) is 16.4. The van der Waals surface area contributed by atoms with Gasteiger partial charge in [0.1, 0.15) is 12.1 Å². The van der Waals surface area contributed by atoms with Gasteiger partial charge in [0.25, 0.3) is 0 Å². The molecule has 0 unspecified atom stereocenters. The number of anilines is 1. The molecule has 0 radical (unpaired) electrons. The molecule has 3 heterocycles. The first-order chi connectivity index (χ1) is 12.3. The van der Waals surface area contributed by atoms with E-state index in [0.717, 1.165) is 5.69 Å². The Morgan fingerprint density at radius 1 is 1.19 bits per heavy atom. The summed E-state index contributed by atoms with van der Waals surface area (Å²) in [5.41, 5.74) is 2.28. The maximum absolute atomic E-state index is 13.2. The lowest BCUT2D eigenvalue weighted by Crippen LogP contribution is -2.32. The Balaban J connectivity index is 1.97. The minimum Gasteiger partial charge on any atom is -0.310 e. The van der Waals surface area contributed by atoms with Gasteiger partial charge in [0.15, 0.2) is 11.4 Å². The highest BCUT2D eigenvalue weighted by molar-refractivity contribution is 6.13. The summed E-state index contributed by atoms with van der Waals surface area (Å²) in [6.45, 7) is 6.05. The number of ketones is 1. The number of halogens is 1. The van der Waals surface area contributed by atoms with Crippen LogP contribution in [0.2, 0.25) is 0 Å². The number of fused-ring (bicyclic) bond motifs is 3. The molecule has 0 saturated carbocycles. The fourth-order valence-corrected chi connectivity index (χ4v) is 3.57. The third-order valence-corrected chi connectivity index (χ3v) is 4.74. The van der Waals surface area contributed by atoms with Gasteiger partial charge < -0.3 is 4.90 Å². The van der Waals surface area contributed by atoms with Crippen LogP contribution >= 0.6 is 0 Å². The van der Waals surface area contributed by atoms with Gasteiger partial charge in [-0.15, -0.1) is 0 Å². The number of carbonyl (C=O) groups excluding carboxylic acids is 2. The molecule has 132 valence electrons. The number of carbonyl (C=O) groups is 2. The molecule has 1 aromatic carbocycles. The zero-order valence-electron chi connectivity index (χ0n) is 14.7. The van der Waals surface area contributed by atoms with E-state index in [0.29, 0.717) is 29.0 Å². The number of aromatic nitrogens is 3. The third kappa shape index (κ3) is 2.31. The highest BCUT2D eigenvalue weighted by Gasteiger charge is 2.41. The normalized spacial score (nSPS) is 15.3. The van der Waals surface area contributed by atoms with Gasteiger partial charge in [-0.1, -0.05) is 13.8 Å². The summed E-state index contributed by atoms with van der Waals surface area (Å²) in [6.07, 6.45) is 1.39. The van der Waals surface area contributed by atoms with Crippen molar-refractivity contribution < 1.29 is 14.0 Å².